The Kier molecular flexibility index (Phi) is 3.86. The van der Waals surface area contributed by atoms with Crippen molar-refractivity contribution in [3.05, 3.63) is 0 Å². The van der Waals surface area contributed by atoms with E-state index in [0.717, 1.165) is 37.7 Å². The fourth-order valence-corrected chi connectivity index (χ4v) is 2.57. The van der Waals surface area contributed by atoms with Gasteiger partial charge in [0, 0.05) is 30.6 Å². The molecule has 0 N–H and O–H groups in total. The van der Waals surface area contributed by atoms with Crippen LogP contribution >= 0.6 is 15.9 Å². The Morgan fingerprint density at radius 2 is 2.00 bits per heavy atom. The van der Waals surface area contributed by atoms with E-state index in [4.69, 9.17) is 9.47 Å². The minimum Gasteiger partial charge on any atom is -0.381 e. The topological polar surface area (TPSA) is 18.5 Å². The van der Waals surface area contributed by atoms with Crippen LogP contribution in [0.5, 0.6) is 0 Å². The minimum absolute atomic E-state index is 0.505. The number of halogens is 1. The third-order valence-electron chi connectivity index (χ3n) is 3.34. The Labute approximate surface area is 94.5 Å². The molecule has 1 heterocycles. The Morgan fingerprint density at radius 3 is 2.57 bits per heavy atom. The molecule has 0 aromatic heterocycles. The van der Waals surface area contributed by atoms with E-state index >= 15 is 0 Å². The highest BCUT2D eigenvalue weighted by molar-refractivity contribution is 9.09. The lowest BCUT2D eigenvalue weighted by Gasteiger charge is -2.22. The lowest BCUT2D eigenvalue weighted by molar-refractivity contribution is 0.0108. The van der Waals surface area contributed by atoms with Crippen LogP contribution in [0.2, 0.25) is 0 Å². The van der Waals surface area contributed by atoms with Crippen LogP contribution in [0.4, 0.5) is 0 Å². The summed E-state index contributed by atoms with van der Waals surface area (Å²) in [5.74, 6) is 0.745. The first-order valence-electron chi connectivity index (χ1n) is 5.56. The lowest BCUT2D eigenvalue weighted by Crippen LogP contribution is -2.22. The van der Waals surface area contributed by atoms with Crippen molar-refractivity contribution < 1.29 is 9.47 Å². The standard InChI is InChI=1S/C11H19BrO2/c12-8-11(3-4-11)9-14-7-10-1-5-13-6-2-10/h10H,1-9H2. The molecule has 0 radical (unpaired) electrons. The van der Waals surface area contributed by atoms with E-state index in [2.05, 4.69) is 15.9 Å². The Morgan fingerprint density at radius 1 is 1.29 bits per heavy atom. The average Bonchev–Trinajstić information content (AvgIpc) is 3.00. The van der Waals surface area contributed by atoms with Crippen molar-refractivity contribution in [2.24, 2.45) is 11.3 Å². The van der Waals surface area contributed by atoms with Crippen molar-refractivity contribution in [3.8, 4) is 0 Å². The summed E-state index contributed by atoms with van der Waals surface area (Å²) < 4.78 is 11.1. The van der Waals surface area contributed by atoms with Gasteiger partial charge >= 0.3 is 0 Å². The largest absolute Gasteiger partial charge is 0.381 e. The summed E-state index contributed by atoms with van der Waals surface area (Å²) in [6, 6.07) is 0. The van der Waals surface area contributed by atoms with Gasteiger partial charge in [-0.1, -0.05) is 15.9 Å². The molecule has 1 aliphatic heterocycles. The molecule has 14 heavy (non-hydrogen) atoms. The van der Waals surface area contributed by atoms with Crippen LogP contribution < -0.4 is 0 Å². The highest BCUT2D eigenvalue weighted by Gasteiger charge is 2.41. The number of ether oxygens (including phenoxy) is 2. The number of alkyl halides is 1. The molecule has 0 spiro atoms. The normalized spacial score (nSPS) is 26.4. The fourth-order valence-electron chi connectivity index (χ4n) is 1.85. The van der Waals surface area contributed by atoms with Crippen LogP contribution in [0.1, 0.15) is 25.7 Å². The number of rotatable bonds is 5. The molecule has 0 aromatic carbocycles. The predicted octanol–water partition coefficient (Wildman–Crippen LogP) is 2.60. The highest BCUT2D eigenvalue weighted by Crippen LogP contribution is 2.47. The molecule has 3 heteroatoms. The van der Waals surface area contributed by atoms with Crippen LogP contribution in [0.3, 0.4) is 0 Å². The molecular formula is C11H19BrO2. The second-order valence-electron chi connectivity index (χ2n) is 4.70. The predicted molar refractivity (Wildman–Crippen MR) is 59.8 cm³/mol. The molecule has 1 saturated carbocycles. The molecule has 1 aliphatic carbocycles. The van der Waals surface area contributed by atoms with Crippen molar-refractivity contribution >= 4 is 15.9 Å². The van der Waals surface area contributed by atoms with Gasteiger partial charge < -0.3 is 9.47 Å². The third-order valence-corrected chi connectivity index (χ3v) is 4.53. The molecule has 1 saturated heterocycles. The molecule has 82 valence electrons. The summed E-state index contributed by atoms with van der Waals surface area (Å²) in [5.41, 5.74) is 0.505. The lowest BCUT2D eigenvalue weighted by atomic mass is 10.0. The summed E-state index contributed by atoms with van der Waals surface area (Å²) in [6.07, 6.45) is 5.04. The van der Waals surface area contributed by atoms with Gasteiger partial charge in [0.2, 0.25) is 0 Å². The SMILES string of the molecule is BrCC1(COCC2CCOCC2)CC1. The van der Waals surface area contributed by atoms with Gasteiger partial charge in [-0.05, 0) is 31.6 Å². The van der Waals surface area contributed by atoms with Gasteiger partial charge in [0.05, 0.1) is 6.61 Å². The Bertz CT molecular complexity index is 174. The van der Waals surface area contributed by atoms with Crippen LogP contribution in [-0.2, 0) is 9.47 Å². The average molecular weight is 263 g/mol. The smallest absolute Gasteiger partial charge is 0.0530 e. The monoisotopic (exact) mass is 262 g/mol. The van der Waals surface area contributed by atoms with Crippen LogP contribution in [0.15, 0.2) is 0 Å². The molecular weight excluding hydrogens is 244 g/mol. The van der Waals surface area contributed by atoms with Crippen LogP contribution in [-0.4, -0.2) is 31.8 Å². The molecule has 2 aliphatic rings. The quantitative estimate of drug-likeness (QED) is 0.710. The summed E-state index contributed by atoms with van der Waals surface area (Å²) in [4.78, 5) is 0. The maximum absolute atomic E-state index is 5.81. The second kappa shape index (κ2) is 4.95. The maximum Gasteiger partial charge on any atom is 0.0530 e. The first-order chi connectivity index (χ1) is 6.85. The summed E-state index contributed by atoms with van der Waals surface area (Å²) in [7, 11) is 0. The van der Waals surface area contributed by atoms with E-state index in [0.29, 0.717) is 5.41 Å². The van der Waals surface area contributed by atoms with E-state index in [1.165, 1.54) is 25.7 Å². The van der Waals surface area contributed by atoms with Gasteiger partial charge in [-0.25, -0.2) is 0 Å². The van der Waals surface area contributed by atoms with Crippen LogP contribution in [0.25, 0.3) is 0 Å². The zero-order chi connectivity index (χ0) is 9.86. The fraction of sp³-hybridized carbons (Fsp3) is 1.00. The van der Waals surface area contributed by atoms with E-state index in [1.807, 2.05) is 0 Å². The maximum atomic E-state index is 5.81. The van der Waals surface area contributed by atoms with E-state index < -0.39 is 0 Å². The van der Waals surface area contributed by atoms with Crippen molar-refractivity contribution in [3.63, 3.8) is 0 Å². The first kappa shape index (κ1) is 10.9. The van der Waals surface area contributed by atoms with Gasteiger partial charge in [-0.2, -0.15) is 0 Å². The van der Waals surface area contributed by atoms with E-state index in [-0.39, 0.29) is 0 Å². The number of hydrogen-bond donors (Lipinski definition) is 0. The van der Waals surface area contributed by atoms with Gasteiger partial charge in [0.1, 0.15) is 0 Å². The molecule has 0 unspecified atom stereocenters. The minimum atomic E-state index is 0.505. The zero-order valence-corrected chi connectivity index (χ0v) is 10.2. The molecule has 0 atom stereocenters. The van der Waals surface area contributed by atoms with Gasteiger partial charge in [0.25, 0.3) is 0 Å². The van der Waals surface area contributed by atoms with Gasteiger partial charge in [-0.15, -0.1) is 0 Å². The molecule has 0 bridgehead atoms. The van der Waals surface area contributed by atoms with Crippen molar-refractivity contribution in [1.82, 2.24) is 0 Å². The van der Waals surface area contributed by atoms with E-state index in [9.17, 15) is 0 Å². The molecule has 2 fully saturated rings. The second-order valence-corrected chi connectivity index (χ2v) is 5.27. The van der Waals surface area contributed by atoms with Crippen LogP contribution in [0, 0.1) is 11.3 Å². The summed E-state index contributed by atoms with van der Waals surface area (Å²) in [6.45, 7) is 3.75. The van der Waals surface area contributed by atoms with Crippen molar-refractivity contribution in [1.29, 1.82) is 0 Å². The Balaban J connectivity index is 1.58. The van der Waals surface area contributed by atoms with Crippen molar-refractivity contribution in [2.75, 3.05) is 31.8 Å². The summed E-state index contributed by atoms with van der Waals surface area (Å²) >= 11 is 3.56. The van der Waals surface area contributed by atoms with Gasteiger partial charge in [-0.3, -0.25) is 0 Å². The van der Waals surface area contributed by atoms with E-state index in [1.54, 1.807) is 0 Å². The molecule has 2 nitrogen and oxygen atoms in total. The first-order valence-corrected chi connectivity index (χ1v) is 6.68. The summed E-state index contributed by atoms with van der Waals surface area (Å²) in [5, 5.41) is 1.10. The highest BCUT2D eigenvalue weighted by atomic mass is 79.9. The third kappa shape index (κ3) is 2.94. The van der Waals surface area contributed by atoms with Crippen molar-refractivity contribution in [2.45, 2.75) is 25.7 Å². The van der Waals surface area contributed by atoms with Gasteiger partial charge in [0.15, 0.2) is 0 Å². The number of hydrogen-bond acceptors (Lipinski definition) is 2. The molecule has 2 rings (SSSR count). The molecule has 0 amide bonds. The molecule has 0 aromatic rings. The Hall–Kier alpha value is 0.400. The zero-order valence-electron chi connectivity index (χ0n) is 8.64.